The monoisotopic (exact) mass is 459 g/mol. The van der Waals surface area contributed by atoms with Crippen molar-refractivity contribution in [2.24, 2.45) is 0 Å². The normalized spacial score (nSPS) is 14.1. The average Bonchev–Trinajstić information content (AvgIpc) is 3.23. The number of nitrogens with one attached hydrogen (secondary N) is 1. The first-order valence-electron chi connectivity index (χ1n) is 9.66. The van der Waals surface area contributed by atoms with E-state index in [4.69, 9.17) is 11.6 Å². The van der Waals surface area contributed by atoms with Crippen LogP contribution in [0.5, 0.6) is 0 Å². The van der Waals surface area contributed by atoms with Gasteiger partial charge in [0.15, 0.2) is 4.34 Å². The molecule has 30 heavy (non-hydrogen) atoms. The highest BCUT2D eigenvalue weighted by Gasteiger charge is 2.21. The molecule has 1 saturated heterocycles. The maximum absolute atomic E-state index is 12.6. The molecule has 6 nitrogen and oxygen atoms in total. The van der Waals surface area contributed by atoms with Gasteiger partial charge in [0.2, 0.25) is 11.0 Å². The summed E-state index contributed by atoms with van der Waals surface area (Å²) in [4.78, 5) is 16.9. The molecule has 1 amide bonds. The molecule has 0 saturated carbocycles. The van der Waals surface area contributed by atoms with Crippen molar-refractivity contribution in [3.8, 4) is 0 Å². The minimum Gasteiger partial charge on any atom is -0.368 e. The first kappa shape index (κ1) is 21.0. The number of hydrogen-bond acceptors (Lipinski definition) is 7. The third-order valence-electron chi connectivity index (χ3n) is 4.99. The molecule has 0 spiro atoms. The van der Waals surface area contributed by atoms with Gasteiger partial charge in [0.1, 0.15) is 0 Å². The largest absolute Gasteiger partial charge is 0.368 e. The van der Waals surface area contributed by atoms with Crippen molar-refractivity contribution in [1.82, 2.24) is 15.1 Å². The lowest BCUT2D eigenvalue weighted by Crippen LogP contribution is -2.49. The van der Waals surface area contributed by atoms with Crippen molar-refractivity contribution in [3.05, 3.63) is 59.1 Å². The summed E-state index contributed by atoms with van der Waals surface area (Å²) in [5.74, 6) is 0.513. The van der Waals surface area contributed by atoms with Crippen molar-refractivity contribution >= 4 is 57.1 Å². The summed E-state index contributed by atoms with van der Waals surface area (Å²) >= 11 is 9.03. The zero-order valence-electron chi connectivity index (χ0n) is 16.5. The second-order valence-electron chi connectivity index (χ2n) is 6.90. The molecule has 2 aromatic carbocycles. The smallest absolute Gasteiger partial charge is 0.233 e. The predicted molar refractivity (Wildman–Crippen MR) is 125 cm³/mol. The van der Waals surface area contributed by atoms with Crippen LogP contribution in [0.4, 0.5) is 16.5 Å². The number of thioether (sulfide) groups is 1. The molecule has 4 rings (SSSR count). The maximum atomic E-state index is 12.6. The molecule has 0 unspecified atom stereocenters. The molecule has 0 bridgehead atoms. The summed E-state index contributed by atoms with van der Waals surface area (Å²) in [7, 11) is 0. The third kappa shape index (κ3) is 5.06. The van der Waals surface area contributed by atoms with Crippen molar-refractivity contribution in [2.45, 2.75) is 11.3 Å². The Morgan fingerprint density at radius 1 is 1.10 bits per heavy atom. The maximum Gasteiger partial charge on any atom is 0.233 e. The molecular formula is C21H22ClN5OS2. The van der Waals surface area contributed by atoms with Gasteiger partial charge in [0, 0.05) is 42.6 Å². The van der Waals surface area contributed by atoms with E-state index in [0.717, 1.165) is 41.8 Å². The fourth-order valence-electron chi connectivity index (χ4n) is 3.24. The second-order valence-corrected chi connectivity index (χ2v) is 9.51. The van der Waals surface area contributed by atoms with Gasteiger partial charge < -0.3 is 15.1 Å². The molecule has 0 atom stereocenters. The van der Waals surface area contributed by atoms with Gasteiger partial charge in [-0.05, 0) is 36.8 Å². The van der Waals surface area contributed by atoms with Crippen LogP contribution in [0.2, 0.25) is 5.02 Å². The number of anilines is 3. The Bertz CT molecular complexity index is 1010. The molecule has 3 aromatic rings. The van der Waals surface area contributed by atoms with E-state index in [1.807, 2.05) is 48.2 Å². The fraction of sp³-hybridized carbons (Fsp3) is 0.286. The summed E-state index contributed by atoms with van der Waals surface area (Å²) in [6, 6.07) is 16.0. The van der Waals surface area contributed by atoms with E-state index in [0.29, 0.717) is 15.9 Å². The van der Waals surface area contributed by atoms with Gasteiger partial charge >= 0.3 is 0 Å². The van der Waals surface area contributed by atoms with E-state index in [-0.39, 0.29) is 5.91 Å². The Kier molecular flexibility index (Phi) is 6.76. The quantitative estimate of drug-likeness (QED) is 0.540. The van der Waals surface area contributed by atoms with Crippen molar-refractivity contribution in [1.29, 1.82) is 0 Å². The number of carbonyl (C=O) groups is 1. The Labute approximate surface area is 189 Å². The van der Waals surface area contributed by atoms with Gasteiger partial charge in [-0.1, -0.05) is 59.0 Å². The Hall–Kier alpha value is -2.29. The number of nitrogens with zero attached hydrogens (tertiary/aromatic N) is 4. The van der Waals surface area contributed by atoms with Crippen LogP contribution in [0.15, 0.2) is 52.9 Å². The molecule has 9 heteroatoms. The molecule has 0 aliphatic carbocycles. The molecule has 1 aliphatic heterocycles. The summed E-state index contributed by atoms with van der Waals surface area (Å²) in [5, 5.41) is 13.0. The van der Waals surface area contributed by atoms with Gasteiger partial charge in [-0.2, -0.15) is 0 Å². The number of halogens is 1. The molecule has 2 heterocycles. The molecule has 1 aliphatic rings. The zero-order valence-corrected chi connectivity index (χ0v) is 18.9. The average molecular weight is 460 g/mol. The Morgan fingerprint density at radius 3 is 2.63 bits per heavy atom. The van der Waals surface area contributed by atoms with E-state index in [2.05, 4.69) is 32.5 Å². The van der Waals surface area contributed by atoms with Gasteiger partial charge in [0.25, 0.3) is 0 Å². The Balaban J connectivity index is 1.26. The van der Waals surface area contributed by atoms with E-state index in [9.17, 15) is 4.79 Å². The van der Waals surface area contributed by atoms with Crippen LogP contribution in [0, 0.1) is 6.92 Å². The fourth-order valence-corrected chi connectivity index (χ4v) is 5.09. The first-order chi connectivity index (χ1) is 14.6. The van der Waals surface area contributed by atoms with Crippen LogP contribution in [-0.4, -0.2) is 52.9 Å². The highest BCUT2D eigenvalue weighted by Crippen LogP contribution is 2.30. The van der Waals surface area contributed by atoms with Gasteiger partial charge in [-0.15, -0.1) is 10.2 Å². The number of aromatic nitrogens is 2. The summed E-state index contributed by atoms with van der Waals surface area (Å²) in [6.07, 6.45) is 0. The highest BCUT2D eigenvalue weighted by atomic mass is 35.5. The minimum absolute atomic E-state index is 0.142. The first-order valence-corrected chi connectivity index (χ1v) is 11.8. The van der Waals surface area contributed by atoms with Crippen LogP contribution in [0.1, 0.15) is 5.56 Å². The highest BCUT2D eigenvalue weighted by molar-refractivity contribution is 8.01. The topological polar surface area (TPSA) is 61.4 Å². The number of piperazine rings is 1. The van der Waals surface area contributed by atoms with Gasteiger partial charge in [-0.3, -0.25) is 4.79 Å². The van der Waals surface area contributed by atoms with E-state index in [1.54, 1.807) is 0 Å². The molecule has 1 aromatic heterocycles. The second kappa shape index (κ2) is 9.68. The van der Waals surface area contributed by atoms with Crippen LogP contribution in [-0.2, 0) is 4.79 Å². The number of para-hydroxylation sites is 1. The van der Waals surface area contributed by atoms with Crippen molar-refractivity contribution in [3.63, 3.8) is 0 Å². The minimum atomic E-state index is 0.142. The van der Waals surface area contributed by atoms with Gasteiger partial charge in [0.05, 0.1) is 5.75 Å². The molecule has 0 radical (unpaired) electrons. The van der Waals surface area contributed by atoms with E-state index < -0.39 is 0 Å². The lowest BCUT2D eigenvalue weighted by atomic mass is 10.2. The molecule has 156 valence electrons. The lowest BCUT2D eigenvalue weighted by Gasteiger charge is -2.36. The zero-order chi connectivity index (χ0) is 20.9. The third-order valence-corrected chi connectivity index (χ3v) is 7.35. The summed E-state index contributed by atoms with van der Waals surface area (Å²) in [6.45, 7) is 5.15. The van der Waals surface area contributed by atoms with E-state index >= 15 is 0 Å². The molecular weight excluding hydrogens is 438 g/mol. The lowest BCUT2D eigenvalue weighted by molar-refractivity contribution is -0.128. The van der Waals surface area contributed by atoms with Gasteiger partial charge in [-0.25, -0.2) is 0 Å². The summed E-state index contributed by atoms with van der Waals surface area (Å²) in [5.41, 5.74) is 3.08. The molecule has 1 fully saturated rings. The summed E-state index contributed by atoms with van der Waals surface area (Å²) < 4.78 is 0.772. The van der Waals surface area contributed by atoms with Crippen LogP contribution >= 0.6 is 34.7 Å². The Morgan fingerprint density at radius 2 is 1.87 bits per heavy atom. The predicted octanol–water partition coefficient (Wildman–Crippen LogP) is 4.68. The van der Waals surface area contributed by atoms with Crippen LogP contribution in [0.25, 0.3) is 0 Å². The van der Waals surface area contributed by atoms with Crippen LogP contribution < -0.4 is 10.2 Å². The molecule has 1 N–H and O–H groups in total. The number of hydrogen-bond donors (Lipinski definition) is 1. The number of amides is 1. The van der Waals surface area contributed by atoms with Crippen molar-refractivity contribution < 1.29 is 4.79 Å². The van der Waals surface area contributed by atoms with E-state index in [1.165, 1.54) is 28.8 Å². The number of carbonyl (C=O) groups excluding carboxylic acids is 1. The number of rotatable bonds is 6. The van der Waals surface area contributed by atoms with Crippen LogP contribution in [0.3, 0.4) is 0 Å². The number of benzene rings is 2. The SMILES string of the molecule is Cc1c(Cl)cccc1Nc1nnc(SCC(=O)N2CCN(c3ccccc3)CC2)s1. The van der Waals surface area contributed by atoms with Crippen molar-refractivity contribution in [2.75, 3.05) is 42.1 Å². The standard InChI is InChI=1S/C21H22ClN5OS2/c1-15-17(22)8-5-9-18(15)23-20-24-25-21(30-20)29-14-19(28)27-12-10-26(11-13-27)16-6-3-2-4-7-16/h2-9H,10-14H2,1H3,(H,23,24).